The molecule has 2 heterocycles. The van der Waals surface area contributed by atoms with Crippen molar-refractivity contribution >= 4 is 22.6 Å². The Morgan fingerprint density at radius 2 is 2.19 bits per heavy atom. The maximum absolute atomic E-state index is 11.6. The summed E-state index contributed by atoms with van der Waals surface area (Å²) < 4.78 is 4.55. The van der Waals surface area contributed by atoms with Crippen molar-refractivity contribution < 1.29 is 0 Å². The van der Waals surface area contributed by atoms with E-state index < -0.39 is 0 Å². The van der Waals surface area contributed by atoms with Crippen LogP contribution >= 0.6 is 22.6 Å². The fourth-order valence-electron chi connectivity index (χ4n) is 1.61. The Kier molecular flexibility index (Phi) is 3.13. The maximum Gasteiger partial charge on any atom is 0.250 e. The molecular formula is C11H12IN3O. The van der Waals surface area contributed by atoms with Crippen LogP contribution in [0.3, 0.4) is 0 Å². The lowest BCUT2D eigenvalue weighted by molar-refractivity contribution is 0.650. The number of nitrogens with zero attached hydrogens (tertiary/aromatic N) is 3. The van der Waals surface area contributed by atoms with Gasteiger partial charge in [0.05, 0.1) is 17.9 Å². The molecule has 0 N–H and O–H groups in total. The van der Waals surface area contributed by atoms with Crippen LogP contribution in [-0.2, 0) is 13.6 Å². The summed E-state index contributed by atoms with van der Waals surface area (Å²) >= 11 is 2.20. The SMILES string of the molecule is Cc1cc(Cn2cc(I)ccc2=O)n(C)n1. The van der Waals surface area contributed by atoms with Gasteiger partial charge in [0, 0.05) is 22.9 Å². The summed E-state index contributed by atoms with van der Waals surface area (Å²) in [4.78, 5) is 11.6. The molecule has 0 spiro atoms. The van der Waals surface area contributed by atoms with Gasteiger partial charge in [-0.15, -0.1) is 0 Å². The molecular weight excluding hydrogens is 317 g/mol. The van der Waals surface area contributed by atoms with Crippen LogP contribution in [0.25, 0.3) is 0 Å². The highest BCUT2D eigenvalue weighted by Gasteiger charge is 2.04. The molecule has 0 atom stereocenters. The fraction of sp³-hybridized carbons (Fsp3) is 0.273. The van der Waals surface area contributed by atoms with Gasteiger partial charge in [-0.2, -0.15) is 5.10 Å². The van der Waals surface area contributed by atoms with E-state index in [2.05, 4.69) is 27.7 Å². The molecule has 0 unspecified atom stereocenters. The first-order valence-electron chi connectivity index (χ1n) is 4.92. The average Bonchev–Trinajstić information content (AvgIpc) is 2.51. The third-order valence-electron chi connectivity index (χ3n) is 2.38. The van der Waals surface area contributed by atoms with Gasteiger partial charge in [-0.05, 0) is 41.6 Å². The standard InChI is InChI=1S/C11H12IN3O/c1-8-5-10(14(2)13-8)7-15-6-9(12)3-4-11(15)16/h3-6H,7H2,1-2H3. The Labute approximate surface area is 107 Å². The Hall–Kier alpha value is -1.11. The minimum Gasteiger partial charge on any atom is -0.308 e. The molecule has 0 bridgehead atoms. The molecule has 0 amide bonds. The van der Waals surface area contributed by atoms with Crippen LogP contribution in [0.15, 0.2) is 29.2 Å². The molecule has 4 nitrogen and oxygen atoms in total. The first-order valence-corrected chi connectivity index (χ1v) is 5.99. The smallest absolute Gasteiger partial charge is 0.250 e. The van der Waals surface area contributed by atoms with Gasteiger partial charge in [0.15, 0.2) is 0 Å². The maximum atomic E-state index is 11.6. The lowest BCUT2D eigenvalue weighted by Crippen LogP contribution is -2.20. The van der Waals surface area contributed by atoms with Gasteiger partial charge < -0.3 is 4.57 Å². The summed E-state index contributed by atoms with van der Waals surface area (Å²) in [6.07, 6.45) is 1.85. The summed E-state index contributed by atoms with van der Waals surface area (Å²) in [7, 11) is 1.89. The van der Waals surface area contributed by atoms with Gasteiger partial charge in [0.25, 0.3) is 5.56 Å². The van der Waals surface area contributed by atoms with Crippen LogP contribution in [0, 0.1) is 10.5 Å². The van der Waals surface area contributed by atoms with Crippen LogP contribution in [0.5, 0.6) is 0 Å². The summed E-state index contributed by atoms with van der Waals surface area (Å²) in [6, 6.07) is 5.39. The van der Waals surface area contributed by atoms with Gasteiger partial charge >= 0.3 is 0 Å². The van der Waals surface area contributed by atoms with Crippen LogP contribution in [0.2, 0.25) is 0 Å². The monoisotopic (exact) mass is 329 g/mol. The van der Waals surface area contributed by atoms with Crippen LogP contribution in [-0.4, -0.2) is 14.3 Å². The molecule has 2 aromatic rings. The van der Waals surface area contributed by atoms with E-state index in [1.54, 1.807) is 10.6 Å². The summed E-state index contributed by atoms with van der Waals surface area (Å²) in [5.41, 5.74) is 2.01. The number of aromatic nitrogens is 3. The van der Waals surface area contributed by atoms with E-state index in [0.29, 0.717) is 6.54 Å². The van der Waals surface area contributed by atoms with Crippen molar-refractivity contribution in [1.82, 2.24) is 14.3 Å². The lowest BCUT2D eigenvalue weighted by Gasteiger charge is -2.05. The zero-order valence-corrected chi connectivity index (χ0v) is 11.3. The Bertz CT molecular complexity index is 571. The van der Waals surface area contributed by atoms with Crippen molar-refractivity contribution in [2.45, 2.75) is 13.5 Å². The molecule has 0 fully saturated rings. The first kappa shape index (κ1) is 11.4. The predicted molar refractivity (Wildman–Crippen MR) is 70.5 cm³/mol. The molecule has 0 radical (unpaired) electrons. The molecule has 0 saturated carbocycles. The van der Waals surface area contributed by atoms with Crippen LogP contribution < -0.4 is 5.56 Å². The number of halogens is 1. The lowest BCUT2D eigenvalue weighted by atomic mass is 10.3. The number of aryl methyl sites for hydroxylation is 2. The zero-order valence-electron chi connectivity index (χ0n) is 9.14. The molecule has 0 aliphatic heterocycles. The minimum absolute atomic E-state index is 0.0132. The Morgan fingerprint density at radius 3 is 2.81 bits per heavy atom. The Morgan fingerprint density at radius 1 is 1.44 bits per heavy atom. The molecule has 0 aliphatic carbocycles. The third-order valence-corrected chi connectivity index (χ3v) is 3.02. The van der Waals surface area contributed by atoms with Crippen molar-refractivity contribution in [3.05, 3.63) is 49.7 Å². The minimum atomic E-state index is 0.0132. The summed E-state index contributed by atoms with van der Waals surface area (Å²) in [6.45, 7) is 2.51. The predicted octanol–water partition coefficient (Wildman–Crippen LogP) is 1.54. The van der Waals surface area contributed by atoms with Crippen LogP contribution in [0.4, 0.5) is 0 Å². The van der Waals surface area contributed by atoms with Crippen LogP contribution in [0.1, 0.15) is 11.4 Å². The molecule has 16 heavy (non-hydrogen) atoms. The van der Waals surface area contributed by atoms with Crippen molar-refractivity contribution in [1.29, 1.82) is 0 Å². The topological polar surface area (TPSA) is 39.8 Å². The molecule has 0 aliphatic rings. The number of hydrogen-bond donors (Lipinski definition) is 0. The molecule has 84 valence electrons. The average molecular weight is 329 g/mol. The van der Waals surface area contributed by atoms with E-state index in [1.807, 2.05) is 37.0 Å². The van der Waals surface area contributed by atoms with E-state index in [1.165, 1.54) is 0 Å². The second-order valence-electron chi connectivity index (χ2n) is 3.71. The molecule has 0 saturated heterocycles. The first-order chi connectivity index (χ1) is 7.56. The normalized spacial score (nSPS) is 10.7. The number of rotatable bonds is 2. The van der Waals surface area contributed by atoms with E-state index in [0.717, 1.165) is 15.0 Å². The van der Waals surface area contributed by atoms with Gasteiger partial charge in [0.1, 0.15) is 0 Å². The highest BCUT2D eigenvalue weighted by molar-refractivity contribution is 14.1. The van der Waals surface area contributed by atoms with Crippen molar-refractivity contribution in [2.75, 3.05) is 0 Å². The van der Waals surface area contributed by atoms with Gasteiger partial charge in [-0.25, -0.2) is 0 Å². The van der Waals surface area contributed by atoms with E-state index in [9.17, 15) is 4.79 Å². The summed E-state index contributed by atoms with van der Waals surface area (Å²) in [5.74, 6) is 0. The zero-order chi connectivity index (χ0) is 11.7. The molecule has 2 rings (SSSR count). The Balaban J connectivity index is 2.37. The second-order valence-corrected chi connectivity index (χ2v) is 4.96. The quantitative estimate of drug-likeness (QED) is 0.784. The van der Waals surface area contributed by atoms with Crippen molar-refractivity contribution in [3.8, 4) is 0 Å². The van der Waals surface area contributed by atoms with Crippen molar-refractivity contribution in [2.24, 2.45) is 7.05 Å². The highest BCUT2D eigenvalue weighted by atomic mass is 127. The van der Waals surface area contributed by atoms with Crippen molar-refractivity contribution in [3.63, 3.8) is 0 Å². The van der Waals surface area contributed by atoms with E-state index in [-0.39, 0.29) is 5.56 Å². The summed E-state index contributed by atoms with van der Waals surface area (Å²) in [5, 5.41) is 4.26. The second kappa shape index (κ2) is 4.40. The molecule has 0 aromatic carbocycles. The van der Waals surface area contributed by atoms with E-state index in [4.69, 9.17) is 0 Å². The fourth-order valence-corrected chi connectivity index (χ4v) is 2.13. The molecule has 2 aromatic heterocycles. The largest absolute Gasteiger partial charge is 0.308 e. The van der Waals surface area contributed by atoms with Gasteiger partial charge in [-0.1, -0.05) is 0 Å². The van der Waals surface area contributed by atoms with Gasteiger partial charge in [-0.3, -0.25) is 9.48 Å². The third kappa shape index (κ3) is 2.34. The highest BCUT2D eigenvalue weighted by Crippen LogP contribution is 2.05. The van der Waals surface area contributed by atoms with E-state index >= 15 is 0 Å². The number of pyridine rings is 1. The molecule has 5 heteroatoms. The van der Waals surface area contributed by atoms with Gasteiger partial charge in [0.2, 0.25) is 0 Å². The number of hydrogen-bond acceptors (Lipinski definition) is 2.